The van der Waals surface area contributed by atoms with Crippen LogP contribution in [0.25, 0.3) is 49.4 Å². The number of rotatable bonds is 3. The molecule has 0 atom stereocenters. The number of para-hydroxylation sites is 2. The lowest BCUT2D eigenvalue weighted by Gasteiger charge is -2.18. The summed E-state index contributed by atoms with van der Waals surface area (Å²) in [7, 11) is 0. The van der Waals surface area contributed by atoms with Crippen LogP contribution in [0.1, 0.15) is 25.3 Å². The first-order chi connectivity index (χ1) is 15.7. The second-order valence-corrected chi connectivity index (χ2v) is 8.83. The van der Waals surface area contributed by atoms with E-state index in [2.05, 4.69) is 128 Å². The average Bonchev–Trinajstić information content (AvgIpc) is 3.18. The fraction of sp³-hybridized carbons (Fsp3) is 0.0968. The summed E-state index contributed by atoms with van der Waals surface area (Å²) in [6.07, 6.45) is 0. The maximum absolute atomic E-state index is 2.43. The molecule has 0 bridgehead atoms. The number of benzene rings is 5. The van der Waals surface area contributed by atoms with Gasteiger partial charge in [-0.3, -0.25) is 0 Å². The van der Waals surface area contributed by atoms with E-state index in [0.29, 0.717) is 5.92 Å². The van der Waals surface area contributed by atoms with Gasteiger partial charge >= 0.3 is 0 Å². The molecule has 6 rings (SSSR count). The normalized spacial score (nSPS) is 11.7. The molecule has 0 unspecified atom stereocenters. The van der Waals surface area contributed by atoms with Crippen molar-refractivity contribution in [2.45, 2.75) is 19.8 Å². The summed E-state index contributed by atoms with van der Waals surface area (Å²) in [4.78, 5) is 0. The predicted octanol–water partition coefficient (Wildman–Crippen LogP) is 8.73. The number of nitrogens with zero attached hydrogens (tertiary/aromatic N) is 1. The van der Waals surface area contributed by atoms with E-state index in [-0.39, 0.29) is 0 Å². The van der Waals surface area contributed by atoms with Gasteiger partial charge < -0.3 is 4.57 Å². The van der Waals surface area contributed by atoms with Gasteiger partial charge in [-0.25, -0.2) is 0 Å². The molecule has 1 aromatic heterocycles. The largest absolute Gasteiger partial charge is 0.309 e. The molecule has 0 saturated carbocycles. The first kappa shape index (κ1) is 18.9. The Hall–Kier alpha value is -3.84. The lowest BCUT2D eigenvalue weighted by molar-refractivity contribution is 0.869. The fourth-order valence-electron chi connectivity index (χ4n) is 4.97. The molecule has 1 heterocycles. The van der Waals surface area contributed by atoms with Crippen LogP contribution in [0.4, 0.5) is 0 Å². The Bertz CT molecular complexity index is 1530. The van der Waals surface area contributed by atoms with Crippen molar-refractivity contribution in [1.82, 2.24) is 4.57 Å². The molecular formula is C31H25N. The maximum Gasteiger partial charge on any atom is 0.0547 e. The Kier molecular flexibility index (Phi) is 4.36. The Morgan fingerprint density at radius 3 is 1.84 bits per heavy atom. The van der Waals surface area contributed by atoms with Crippen LogP contribution in [0.2, 0.25) is 0 Å². The van der Waals surface area contributed by atoms with E-state index in [1.54, 1.807) is 0 Å². The first-order valence-electron chi connectivity index (χ1n) is 11.3. The van der Waals surface area contributed by atoms with Crippen LogP contribution in [0.3, 0.4) is 0 Å². The van der Waals surface area contributed by atoms with E-state index < -0.39 is 0 Å². The Balaban J connectivity index is 1.77. The molecule has 0 aliphatic heterocycles. The van der Waals surface area contributed by atoms with Gasteiger partial charge in [0.15, 0.2) is 0 Å². The molecule has 0 aliphatic carbocycles. The van der Waals surface area contributed by atoms with E-state index >= 15 is 0 Å². The van der Waals surface area contributed by atoms with Crippen LogP contribution < -0.4 is 0 Å². The Morgan fingerprint density at radius 2 is 1.19 bits per heavy atom. The Labute approximate surface area is 188 Å². The zero-order valence-electron chi connectivity index (χ0n) is 18.4. The lowest BCUT2D eigenvalue weighted by Crippen LogP contribution is -1.98. The molecule has 154 valence electrons. The third-order valence-corrected chi connectivity index (χ3v) is 6.57. The molecule has 0 amide bonds. The zero-order valence-corrected chi connectivity index (χ0v) is 18.4. The second kappa shape index (κ2) is 7.39. The van der Waals surface area contributed by atoms with Crippen molar-refractivity contribution in [2.75, 3.05) is 0 Å². The van der Waals surface area contributed by atoms with Crippen LogP contribution in [-0.2, 0) is 0 Å². The van der Waals surface area contributed by atoms with Crippen molar-refractivity contribution >= 4 is 32.6 Å². The van der Waals surface area contributed by atoms with E-state index in [9.17, 15) is 0 Å². The first-order valence-corrected chi connectivity index (χ1v) is 11.3. The van der Waals surface area contributed by atoms with Gasteiger partial charge in [0.05, 0.1) is 16.7 Å². The minimum Gasteiger partial charge on any atom is -0.309 e. The van der Waals surface area contributed by atoms with E-state index in [0.717, 1.165) is 0 Å². The summed E-state index contributed by atoms with van der Waals surface area (Å²) in [6.45, 7) is 4.51. The molecular weight excluding hydrogens is 386 g/mol. The number of hydrogen-bond donors (Lipinski definition) is 0. The van der Waals surface area contributed by atoms with Gasteiger partial charge in [0, 0.05) is 16.3 Å². The van der Waals surface area contributed by atoms with E-state index in [4.69, 9.17) is 0 Å². The molecule has 1 nitrogen and oxygen atoms in total. The summed E-state index contributed by atoms with van der Waals surface area (Å²) in [5.74, 6) is 0.511. The van der Waals surface area contributed by atoms with Crippen molar-refractivity contribution in [1.29, 1.82) is 0 Å². The molecule has 6 aromatic rings. The van der Waals surface area contributed by atoms with Crippen LogP contribution in [-0.4, -0.2) is 4.57 Å². The highest BCUT2D eigenvalue weighted by atomic mass is 15.0. The minimum absolute atomic E-state index is 0.511. The van der Waals surface area contributed by atoms with Gasteiger partial charge in [0.25, 0.3) is 0 Å². The number of aromatic nitrogens is 1. The predicted molar refractivity (Wildman–Crippen MR) is 138 cm³/mol. The Morgan fingerprint density at radius 1 is 0.562 bits per heavy atom. The zero-order chi connectivity index (χ0) is 21.7. The second-order valence-electron chi connectivity index (χ2n) is 8.83. The SMILES string of the molecule is CC(C)c1ccc2c(-c3ccccc3)c(-n3c4ccccc4c4ccccc43)ccc2c1. The van der Waals surface area contributed by atoms with Gasteiger partial charge in [-0.1, -0.05) is 105 Å². The molecule has 0 N–H and O–H groups in total. The molecule has 0 aliphatic rings. The summed E-state index contributed by atoms with van der Waals surface area (Å²) in [5, 5.41) is 5.16. The van der Waals surface area contributed by atoms with Crippen LogP contribution in [0, 0.1) is 0 Å². The summed E-state index contributed by atoms with van der Waals surface area (Å²) >= 11 is 0. The highest BCUT2D eigenvalue weighted by Gasteiger charge is 2.17. The summed E-state index contributed by atoms with van der Waals surface area (Å²) in [6, 6.07) is 39.8. The maximum atomic E-state index is 2.43. The molecule has 0 saturated heterocycles. The number of fused-ring (bicyclic) bond motifs is 4. The van der Waals surface area contributed by atoms with Crippen LogP contribution >= 0.6 is 0 Å². The van der Waals surface area contributed by atoms with Crippen molar-refractivity contribution in [2.24, 2.45) is 0 Å². The van der Waals surface area contributed by atoms with Crippen LogP contribution in [0.5, 0.6) is 0 Å². The van der Waals surface area contributed by atoms with E-state index in [1.807, 2.05) is 0 Å². The summed E-state index contributed by atoms with van der Waals surface area (Å²) in [5.41, 5.74) is 7.60. The molecule has 0 spiro atoms. The van der Waals surface area contributed by atoms with Gasteiger partial charge in [-0.05, 0) is 46.0 Å². The van der Waals surface area contributed by atoms with Crippen molar-refractivity contribution in [3.63, 3.8) is 0 Å². The van der Waals surface area contributed by atoms with Crippen molar-refractivity contribution in [3.8, 4) is 16.8 Å². The molecule has 32 heavy (non-hydrogen) atoms. The highest BCUT2D eigenvalue weighted by molar-refractivity contribution is 6.11. The quantitative estimate of drug-likeness (QED) is 0.274. The van der Waals surface area contributed by atoms with Gasteiger partial charge in [-0.15, -0.1) is 0 Å². The fourth-order valence-corrected chi connectivity index (χ4v) is 4.97. The molecule has 0 radical (unpaired) electrons. The van der Waals surface area contributed by atoms with Crippen molar-refractivity contribution < 1.29 is 0 Å². The smallest absolute Gasteiger partial charge is 0.0547 e. The molecule has 1 heteroatoms. The van der Waals surface area contributed by atoms with Crippen molar-refractivity contribution in [3.05, 3.63) is 115 Å². The van der Waals surface area contributed by atoms with E-state index in [1.165, 1.54) is 55.0 Å². The molecule has 0 fully saturated rings. The van der Waals surface area contributed by atoms with Crippen LogP contribution in [0.15, 0.2) is 109 Å². The number of hydrogen-bond acceptors (Lipinski definition) is 0. The van der Waals surface area contributed by atoms with Gasteiger partial charge in [0.2, 0.25) is 0 Å². The third kappa shape index (κ3) is 2.85. The average molecular weight is 412 g/mol. The van der Waals surface area contributed by atoms with Gasteiger partial charge in [0.1, 0.15) is 0 Å². The molecule has 5 aromatic carbocycles. The van der Waals surface area contributed by atoms with Gasteiger partial charge in [-0.2, -0.15) is 0 Å². The minimum atomic E-state index is 0.511. The highest BCUT2D eigenvalue weighted by Crippen LogP contribution is 2.40. The topological polar surface area (TPSA) is 4.93 Å². The monoisotopic (exact) mass is 411 g/mol. The summed E-state index contributed by atoms with van der Waals surface area (Å²) < 4.78 is 2.43. The standard InChI is InChI=1S/C31H25N/c1-21(2)23-16-18-25-24(20-23)17-19-30(31(25)22-10-4-3-5-11-22)32-28-14-8-6-12-26(28)27-13-7-9-15-29(27)32/h3-21H,1-2H3. The third-order valence-electron chi connectivity index (χ3n) is 6.57. The lowest BCUT2D eigenvalue weighted by atomic mass is 9.93.